The standard InChI is InChI=1S/C16H20O4/c1-5-9-13(15(17)19-11-7-3)14(10-6-2)16(18)20-12-8-4/h5-12H,1-4H3/b9-5?,10-6?,11-7?,12-8?,14-13-. The van der Waals surface area contributed by atoms with E-state index in [-0.39, 0.29) is 11.1 Å². The van der Waals surface area contributed by atoms with Crippen LogP contribution in [-0.4, -0.2) is 11.9 Å². The molecule has 20 heavy (non-hydrogen) atoms. The minimum Gasteiger partial charge on any atom is -0.431 e. The molecule has 0 N–H and O–H groups in total. The molecule has 0 aromatic carbocycles. The Morgan fingerprint density at radius 1 is 0.650 bits per heavy atom. The minimum atomic E-state index is -0.619. The third-order valence-electron chi connectivity index (χ3n) is 2.02. The Labute approximate surface area is 119 Å². The Bertz CT molecular complexity index is 433. The molecule has 0 radical (unpaired) electrons. The van der Waals surface area contributed by atoms with E-state index in [0.717, 1.165) is 0 Å². The zero-order chi connectivity index (χ0) is 15.4. The van der Waals surface area contributed by atoms with Crippen LogP contribution in [-0.2, 0) is 19.1 Å². The molecule has 0 atom stereocenters. The molecule has 0 amide bonds. The molecule has 0 rings (SSSR count). The molecule has 0 bridgehead atoms. The number of ether oxygens (including phenoxy) is 2. The molecular formula is C16H20O4. The van der Waals surface area contributed by atoms with Crippen molar-refractivity contribution in [3.8, 4) is 0 Å². The van der Waals surface area contributed by atoms with E-state index in [4.69, 9.17) is 9.47 Å². The zero-order valence-electron chi connectivity index (χ0n) is 12.3. The van der Waals surface area contributed by atoms with Crippen molar-refractivity contribution >= 4 is 11.9 Å². The van der Waals surface area contributed by atoms with E-state index in [0.29, 0.717) is 0 Å². The fourth-order valence-electron chi connectivity index (χ4n) is 1.26. The Kier molecular flexibility index (Phi) is 9.31. The van der Waals surface area contributed by atoms with Crippen molar-refractivity contribution in [1.29, 1.82) is 0 Å². The van der Waals surface area contributed by atoms with Crippen molar-refractivity contribution in [3.63, 3.8) is 0 Å². The third kappa shape index (κ3) is 6.00. The summed E-state index contributed by atoms with van der Waals surface area (Å²) in [6.07, 6.45) is 12.0. The molecule has 0 aliphatic heterocycles. The summed E-state index contributed by atoms with van der Waals surface area (Å²) in [6.45, 7) is 6.93. The van der Waals surface area contributed by atoms with Gasteiger partial charge in [-0.1, -0.05) is 36.5 Å². The number of rotatable bonds is 6. The molecule has 4 nitrogen and oxygen atoms in total. The van der Waals surface area contributed by atoms with Crippen molar-refractivity contribution in [2.75, 3.05) is 0 Å². The molecule has 0 saturated heterocycles. The Morgan fingerprint density at radius 3 is 1.25 bits per heavy atom. The summed E-state index contributed by atoms with van der Waals surface area (Å²) in [6, 6.07) is 0. The van der Waals surface area contributed by atoms with Gasteiger partial charge in [-0.15, -0.1) is 0 Å². The van der Waals surface area contributed by atoms with Gasteiger partial charge in [0.25, 0.3) is 0 Å². The predicted octanol–water partition coefficient (Wildman–Crippen LogP) is 3.59. The third-order valence-corrected chi connectivity index (χ3v) is 2.02. The van der Waals surface area contributed by atoms with Gasteiger partial charge in [0.1, 0.15) is 0 Å². The lowest BCUT2D eigenvalue weighted by atomic mass is 10.1. The van der Waals surface area contributed by atoms with Gasteiger partial charge in [0.2, 0.25) is 0 Å². The van der Waals surface area contributed by atoms with Crippen molar-refractivity contribution in [1.82, 2.24) is 0 Å². The largest absolute Gasteiger partial charge is 0.431 e. The van der Waals surface area contributed by atoms with Crippen LogP contribution in [0.4, 0.5) is 0 Å². The maximum absolute atomic E-state index is 11.9. The van der Waals surface area contributed by atoms with Crippen LogP contribution < -0.4 is 0 Å². The summed E-state index contributed by atoms with van der Waals surface area (Å²) in [5.74, 6) is -1.24. The van der Waals surface area contributed by atoms with Gasteiger partial charge in [0.15, 0.2) is 0 Å². The second kappa shape index (κ2) is 10.6. The number of carbonyl (C=O) groups is 2. The normalized spacial score (nSPS) is 13.4. The highest BCUT2D eigenvalue weighted by Gasteiger charge is 2.18. The van der Waals surface area contributed by atoms with E-state index in [2.05, 4.69) is 0 Å². The van der Waals surface area contributed by atoms with Crippen LogP contribution in [0.1, 0.15) is 27.7 Å². The molecule has 0 aliphatic rings. The van der Waals surface area contributed by atoms with Gasteiger partial charge < -0.3 is 9.47 Å². The van der Waals surface area contributed by atoms with Gasteiger partial charge >= 0.3 is 11.9 Å². The number of esters is 2. The first-order valence-corrected chi connectivity index (χ1v) is 6.26. The van der Waals surface area contributed by atoms with Crippen molar-refractivity contribution in [2.24, 2.45) is 0 Å². The first-order chi connectivity index (χ1) is 9.62. The monoisotopic (exact) mass is 276 g/mol. The van der Waals surface area contributed by atoms with E-state index in [1.165, 1.54) is 24.7 Å². The number of hydrogen-bond acceptors (Lipinski definition) is 4. The second-order valence-corrected chi connectivity index (χ2v) is 3.58. The average molecular weight is 276 g/mol. The maximum atomic E-state index is 11.9. The molecule has 0 aromatic heterocycles. The highest BCUT2D eigenvalue weighted by Crippen LogP contribution is 2.13. The molecule has 0 unspecified atom stereocenters. The topological polar surface area (TPSA) is 52.6 Å². The molecule has 0 spiro atoms. The van der Waals surface area contributed by atoms with E-state index in [1.807, 2.05) is 0 Å². The summed E-state index contributed by atoms with van der Waals surface area (Å²) in [5.41, 5.74) is 0.274. The fourth-order valence-corrected chi connectivity index (χ4v) is 1.26. The second-order valence-electron chi connectivity index (χ2n) is 3.58. The predicted molar refractivity (Wildman–Crippen MR) is 78.5 cm³/mol. The lowest BCUT2D eigenvalue weighted by Gasteiger charge is -2.06. The highest BCUT2D eigenvalue weighted by molar-refractivity contribution is 6.04. The Morgan fingerprint density at radius 2 is 1.00 bits per heavy atom. The Balaban J connectivity index is 5.65. The molecule has 4 heteroatoms. The summed E-state index contributed by atoms with van der Waals surface area (Å²) in [4.78, 5) is 23.9. The van der Waals surface area contributed by atoms with Crippen LogP contribution in [0.15, 0.2) is 60.1 Å². The number of hydrogen-bond donors (Lipinski definition) is 0. The van der Waals surface area contributed by atoms with Crippen molar-refractivity contribution < 1.29 is 19.1 Å². The van der Waals surface area contributed by atoms with Gasteiger partial charge in [-0.3, -0.25) is 0 Å². The van der Waals surface area contributed by atoms with Gasteiger partial charge in [0, 0.05) is 0 Å². The van der Waals surface area contributed by atoms with Crippen LogP contribution in [0.2, 0.25) is 0 Å². The van der Waals surface area contributed by atoms with Crippen LogP contribution in [0.3, 0.4) is 0 Å². The van der Waals surface area contributed by atoms with E-state index < -0.39 is 11.9 Å². The lowest BCUT2D eigenvalue weighted by Crippen LogP contribution is -2.12. The fraction of sp³-hybridized carbons (Fsp3) is 0.250. The van der Waals surface area contributed by atoms with Crippen LogP contribution in [0, 0.1) is 0 Å². The van der Waals surface area contributed by atoms with E-state index >= 15 is 0 Å². The molecule has 0 aliphatic carbocycles. The summed E-state index contributed by atoms with van der Waals surface area (Å²) >= 11 is 0. The van der Waals surface area contributed by atoms with Gasteiger partial charge in [0.05, 0.1) is 23.7 Å². The Hall–Kier alpha value is -2.36. The first-order valence-electron chi connectivity index (χ1n) is 6.26. The maximum Gasteiger partial charge on any atom is 0.343 e. The van der Waals surface area contributed by atoms with Crippen molar-refractivity contribution in [3.05, 3.63) is 60.1 Å². The summed E-state index contributed by atoms with van der Waals surface area (Å²) < 4.78 is 9.80. The SMILES string of the molecule is CC=COC(=O)/C(C=CC)=C(/C=CC)C(=O)OC=CC. The highest BCUT2D eigenvalue weighted by atomic mass is 16.5. The molecule has 0 heterocycles. The lowest BCUT2D eigenvalue weighted by molar-refractivity contribution is -0.136. The van der Waals surface area contributed by atoms with E-state index in [9.17, 15) is 9.59 Å². The zero-order valence-corrected chi connectivity index (χ0v) is 12.3. The molecule has 0 aromatic rings. The molecular weight excluding hydrogens is 256 g/mol. The first kappa shape index (κ1) is 17.6. The molecule has 0 saturated carbocycles. The molecule has 108 valence electrons. The van der Waals surface area contributed by atoms with Crippen LogP contribution in [0.25, 0.3) is 0 Å². The van der Waals surface area contributed by atoms with E-state index in [1.54, 1.807) is 52.0 Å². The van der Waals surface area contributed by atoms with Gasteiger partial charge in [-0.25, -0.2) is 9.59 Å². The van der Waals surface area contributed by atoms with Gasteiger partial charge in [-0.05, 0) is 27.7 Å². The number of allylic oxidation sites excluding steroid dienone is 4. The van der Waals surface area contributed by atoms with Gasteiger partial charge in [-0.2, -0.15) is 0 Å². The van der Waals surface area contributed by atoms with Crippen LogP contribution in [0.5, 0.6) is 0 Å². The minimum absolute atomic E-state index is 0.137. The summed E-state index contributed by atoms with van der Waals surface area (Å²) in [5, 5.41) is 0. The smallest absolute Gasteiger partial charge is 0.343 e. The van der Waals surface area contributed by atoms with Crippen LogP contribution >= 0.6 is 0 Å². The summed E-state index contributed by atoms with van der Waals surface area (Å²) in [7, 11) is 0. The average Bonchev–Trinajstić information content (AvgIpc) is 2.45. The number of carbonyl (C=O) groups excluding carboxylic acids is 2. The quantitative estimate of drug-likeness (QED) is 0.322. The van der Waals surface area contributed by atoms with Crippen molar-refractivity contribution in [2.45, 2.75) is 27.7 Å². The molecule has 0 fully saturated rings.